The maximum Gasteiger partial charge on any atom is 0.238 e. The van der Waals surface area contributed by atoms with Crippen molar-refractivity contribution in [3.05, 3.63) is 54.2 Å². The SMILES string of the molecule is COc1ccc(-c2oc(C)nc2-c2cccc(S(N)(=O)=O)c2)cc1F. The lowest BCUT2D eigenvalue weighted by Crippen LogP contribution is -2.11. The molecule has 2 N–H and O–H groups in total. The fourth-order valence-corrected chi connectivity index (χ4v) is 3.01. The summed E-state index contributed by atoms with van der Waals surface area (Å²) in [6.07, 6.45) is 0. The van der Waals surface area contributed by atoms with Crippen LogP contribution < -0.4 is 9.88 Å². The lowest BCUT2D eigenvalue weighted by atomic mass is 10.1. The average molecular weight is 362 g/mol. The molecular formula is C17H15FN2O4S. The van der Waals surface area contributed by atoms with E-state index in [2.05, 4.69) is 4.98 Å². The number of oxazole rings is 1. The first-order valence-electron chi connectivity index (χ1n) is 7.24. The fraction of sp³-hybridized carbons (Fsp3) is 0.118. The smallest absolute Gasteiger partial charge is 0.238 e. The molecule has 2 aromatic carbocycles. The van der Waals surface area contributed by atoms with E-state index < -0.39 is 15.8 Å². The number of hydrogen-bond donors (Lipinski definition) is 1. The summed E-state index contributed by atoms with van der Waals surface area (Å²) in [5.41, 5.74) is 1.34. The van der Waals surface area contributed by atoms with Crippen LogP contribution in [-0.2, 0) is 10.0 Å². The van der Waals surface area contributed by atoms with Gasteiger partial charge in [-0.1, -0.05) is 12.1 Å². The number of ether oxygens (including phenoxy) is 1. The van der Waals surface area contributed by atoms with E-state index >= 15 is 0 Å². The van der Waals surface area contributed by atoms with Crippen molar-refractivity contribution in [3.63, 3.8) is 0 Å². The van der Waals surface area contributed by atoms with Gasteiger partial charge in [-0.25, -0.2) is 22.9 Å². The van der Waals surface area contributed by atoms with Gasteiger partial charge in [0.05, 0.1) is 12.0 Å². The predicted octanol–water partition coefficient (Wildman–Crippen LogP) is 3.11. The molecule has 130 valence electrons. The monoisotopic (exact) mass is 362 g/mol. The van der Waals surface area contributed by atoms with E-state index in [-0.39, 0.29) is 10.6 Å². The second-order valence-corrected chi connectivity index (χ2v) is 6.89. The van der Waals surface area contributed by atoms with Crippen LogP contribution in [0.15, 0.2) is 51.8 Å². The highest BCUT2D eigenvalue weighted by Crippen LogP contribution is 2.35. The molecule has 0 radical (unpaired) electrons. The second-order valence-electron chi connectivity index (χ2n) is 5.33. The Morgan fingerprint density at radius 1 is 1.16 bits per heavy atom. The minimum absolute atomic E-state index is 0.0440. The number of benzene rings is 2. The number of primary sulfonamides is 1. The van der Waals surface area contributed by atoms with Crippen molar-refractivity contribution in [1.29, 1.82) is 0 Å². The number of sulfonamides is 1. The van der Waals surface area contributed by atoms with Crippen molar-refractivity contribution in [3.8, 4) is 28.3 Å². The molecule has 3 rings (SSSR count). The van der Waals surface area contributed by atoms with Gasteiger partial charge in [0, 0.05) is 18.1 Å². The zero-order valence-electron chi connectivity index (χ0n) is 13.5. The molecule has 3 aromatic rings. The highest BCUT2D eigenvalue weighted by Gasteiger charge is 2.18. The van der Waals surface area contributed by atoms with Crippen LogP contribution in [-0.4, -0.2) is 20.5 Å². The molecule has 0 aliphatic heterocycles. The summed E-state index contributed by atoms with van der Waals surface area (Å²) in [4.78, 5) is 4.25. The summed E-state index contributed by atoms with van der Waals surface area (Å²) < 4.78 is 47.7. The zero-order chi connectivity index (χ0) is 18.2. The maximum atomic E-state index is 14.0. The van der Waals surface area contributed by atoms with Gasteiger partial charge in [0.2, 0.25) is 10.0 Å². The van der Waals surface area contributed by atoms with Crippen molar-refractivity contribution < 1.29 is 22.0 Å². The Labute approximate surface area is 144 Å². The van der Waals surface area contributed by atoms with Gasteiger partial charge in [0.1, 0.15) is 5.69 Å². The van der Waals surface area contributed by atoms with Crippen LogP contribution >= 0.6 is 0 Å². The highest BCUT2D eigenvalue weighted by molar-refractivity contribution is 7.89. The molecule has 0 atom stereocenters. The highest BCUT2D eigenvalue weighted by atomic mass is 32.2. The topological polar surface area (TPSA) is 95.4 Å². The maximum absolute atomic E-state index is 14.0. The van der Waals surface area contributed by atoms with E-state index in [1.165, 1.54) is 31.4 Å². The largest absolute Gasteiger partial charge is 0.494 e. The van der Waals surface area contributed by atoms with Gasteiger partial charge in [0.15, 0.2) is 23.2 Å². The molecule has 0 aliphatic carbocycles. The minimum atomic E-state index is -3.85. The molecule has 1 aromatic heterocycles. The molecule has 8 heteroatoms. The third kappa shape index (κ3) is 3.40. The average Bonchev–Trinajstić information content (AvgIpc) is 2.96. The summed E-state index contributed by atoms with van der Waals surface area (Å²) in [5, 5.41) is 5.17. The first-order chi connectivity index (χ1) is 11.8. The number of hydrogen-bond acceptors (Lipinski definition) is 5. The number of halogens is 1. The molecule has 25 heavy (non-hydrogen) atoms. The Morgan fingerprint density at radius 3 is 2.56 bits per heavy atom. The summed E-state index contributed by atoms with van der Waals surface area (Å²) in [6.45, 7) is 1.65. The number of nitrogens with zero attached hydrogens (tertiary/aromatic N) is 1. The van der Waals surface area contributed by atoms with E-state index in [4.69, 9.17) is 14.3 Å². The normalized spacial score (nSPS) is 11.5. The van der Waals surface area contributed by atoms with Crippen LogP contribution in [0.5, 0.6) is 5.75 Å². The fourth-order valence-electron chi connectivity index (χ4n) is 2.45. The minimum Gasteiger partial charge on any atom is -0.494 e. The van der Waals surface area contributed by atoms with E-state index in [0.717, 1.165) is 0 Å². The Morgan fingerprint density at radius 2 is 1.92 bits per heavy atom. The first-order valence-corrected chi connectivity index (χ1v) is 8.79. The van der Waals surface area contributed by atoms with Gasteiger partial charge in [-0.05, 0) is 30.3 Å². The molecule has 0 spiro atoms. The molecule has 0 saturated carbocycles. The first kappa shape index (κ1) is 17.1. The van der Waals surface area contributed by atoms with Crippen LogP contribution in [0, 0.1) is 12.7 Å². The second kappa shape index (κ2) is 6.30. The number of rotatable bonds is 4. The van der Waals surface area contributed by atoms with Gasteiger partial charge < -0.3 is 9.15 Å². The number of aryl methyl sites for hydroxylation is 1. The zero-order valence-corrected chi connectivity index (χ0v) is 14.3. The molecular weight excluding hydrogens is 347 g/mol. The number of aromatic nitrogens is 1. The van der Waals surface area contributed by atoms with E-state index in [0.29, 0.717) is 28.5 Å². The van der Waals surface area contributed by atoms with Crippen molar-refractivity contribution >= 4 is 10.0 Å². The molecule has 0 aliphatic rings. The molecule has 1 heterocycles. The van der Waals surface area contributed by atoms with Crippen LogP contribution in [0.4, 0.5) is 4.39 Å². The van der Waals surface area contributed by atoms with Crippen molar-refractivity contribution in [2.45, 2.75) is 11.8 Å². The van der Waals surface area contributed by atoms with Gasteiger partial charge in [-0.15, -0.1) is 0 Å². The summed E-state index contributed by atoms with van der Waals surface area (Å²) in [6, 6.07) is 10.4. The van der Waals surface area contributed by atoms with Gasteiger partial charge in [0.25, 0.3) is 0 Å². The van der Waals surface area contributed by atoms with Crippen molar-refractivity contribution in [1.82, 2.24) is 4.98 Å². The standard InChI is InChI=1S/C17H15FN2O4S/c1-10-20-16(11-4-3-5-13(8-11)25(19,21)22)17(24-10)12-6-7-15(23-2)14(18)9-12/h3-9H,1-2H3,(H2,19,21,22). The molecule has 6 nitrogen and oxygen atoms in total. The van der Waals surface area contributed by atoms with Crippen LogP contribution in [0.1, 0.15) is 5.89 Å². The van der Waals surface area contributed by atoms with E-state index in [9.17, 15) is 12.8 Å². The van der Waals surface area contributed by atoms with Crippen molar-refractivity contribution in [2.24, 2.45) is 5.14 Å². The molecule has 0 unspecified atom stereocenters. The molecule has 0 bridgehead atoms. The Kier molecular flexibility index (Phi) is 4.32. The molecule has 0 fully saturated rings. The van der Waals surface area contributed by atoms with Gasteiger partial charge in [-0.2, -0.15) is 0 Å². The lowest BCUT2D eigenvalue weighted by molar-refractivity contribution is 0.386. The quantitative estimate of drug-likeness (QED) is 0.769. The summed E-state index contributed by atoms with van der Waals surface area (Å²) in [5.74, 6) is 0.254. The molecule has 0 amide bonds. The van der Waals surface area contributed by atoms with Crippen LogP contribution in [0.25, 0.3) is 22.6 Å². The van der Waals surface area contributed by atoms with Gasteiger partial charge in [-0.3, -0.25) is 0 Å². The van der Waals surface area contributed by atoms with E-state index in [1.54, 1.807) is 25.1 Å². The lowest BCUT2D eigenvalue weighted by Gasteiger charge is -2.06. The predicted molar refractivity (Wildman–Crippen MR) is 90.0 cm³/mol. The summed E-state index contributed by atoms with van der Waals surface area (Å²) >= 11 is 0. The Balaban J connectivity index is 2.16. The van der Waals surface area contributed by atoms with Crippen molar-refractivity contribution in [2.75, 3.05) is 7.11 Å². The van der Waals surface area contributed by atoms with Gasteiger partial charge >= 0.3 is 0 Å². The molecule has 0 saturated heterocycles. The number of methoxy groups -OCH3 is 1. The van der Waals surface area contributed by atoms with E-state index in [1.807, 2.05) is 0 Å². The van der Waals surface area contributed by atoms with Crippen LogP contribution in [0.3, 0.4) is 0 Å². The Bertz CT molecular complexity index is 1040. The number of nitrogens with two attached hydrogens (primary N) is 1. The Hall–Kier alpha value is -2.71. The third-order valence-corrected chi connectivity index (χ3v) is 4.50. The summed E-state index contributed by atoms with van der Waals surface area (Å²) in [7, 11) is -2.48. The van der Waals surface area contributed by atoms with Crippen LogP contribution in [0.2, 0.25) is 0 Å². The third-order valence-electron chi connectivity index (χ3n) is 3.58.